The summed E-state index contributed by atoms with van der Waals surface area (Å²) in [4.78, 5) is 30.1. The number of aromatic nitrogens is 1. The molecule has 0 aliphatic rings. The molecule has 0 aliphatic carbocycles. The SMILES string of the molecule is CN(CC(=O)Nc1ccccc1Br)C(=O)C=Cc1nc2ccccc2s1. The third kappa shape index (κ3) is 4.56. The maximum atomic E-state index is 12.2. The van der Waals surface area contributed by atoms with Crippen molar-refractivity contribution >= 4 is 61.1 Å². The van der Waals surface area contributed by atoms with Crippen molar-refractivity contribution in [2.45, 2.75) is 0 Å². The summed E-state index contributed by atoms with van der Waals surface area (Å²) in [6, 6.07) is 15.1. The van der Waals surface area contributed by atoms with Crippen LogP contribution in [0.25, 0.3) is 16.3 Å². The van der Waals surface area contributed by atoms with Crippen molar-refractivity contribution in [1.29, 1.82) is 0 Å². The number of benzene rings is 2. The topological polar surface area (TPSA) is 62.3 Å². The number of amides is 2. The van der Waals surface area contributed by atoms with Gasteiger partial charge in [-0.1, -0.05) is 24.3 Å². The molecule has 0 fully saturated rings. The second kappa shape index (κ2) is 8.25. The van der Waals surface area contributed by atoms with Crippen LogP contribution in [0.5, 0.6) is 0 Å². The first-order valence-corrected chi connectivity index (χ1v) is 9.47. The molecule has 3 rings (SSSR count). The summed E-state index contributed by atoms with van der Waals surface area (Å²) in [5.74, 6) is -0.521. The Balaban J connectivity index is 1.58. The summed E-state index contributed by atoms with van der Waals surface area (Å²) in [7, 11) is 1.59. The number of anilines is 1. The average molecular weight is 430 g/mol. The van der Waals surface area contributed by atoms with E-state index in [1.165, 1.54) is 22.3 Å². The second-order valence-electron chi connectivity index (χ2n) is 5.58. The first kappa shape index (κ1) is 18.3. The summed E-state index contributed by atoms with van der Waals surface area (Å²) in [5.41, 5.74) is 1.58. The van der Waals surface area contributed by atoms with Crippen molar-refractivity contribution in [2.24, 2.45) is 0 Å². The Bertz CT molecular complexity index is 951. The highest BCUT2D eigenvalue weighted by Crippen LogP contribution is 2.22. The molecule has 0 spiro atoms. The Kier molecular flexibility index (Phi) is 5.80. The number of para-hydroxylation sites is 2. The van der Waals surface area contributed by atoms with E-state index >= 15 is 0 Å². The molecule has 3 aromatic rings. The van der Waals surface area contributed by atoms with Gasteiger partial charge in [0.25, 0.3) is 0 Å². The van der Waals surface area contributed by atoms with Gasteiger partial charge in [-0.25, -0.2) is 4.98 Å². The first-order valence-electron chi connectivity index (χ1n) is 7.86. The van der Waals surface area contributed by atoms with Crippen LogP contribution in [0, 0.1) is 0 Å². The lowest BCUT2D eigenvalue weighted by Crippen LogP contribution is -2.33. The van der Waals surface area contributed by atoms with Gasteiger partial charge in [0.05, 0.1) is 22.4 Å². The predicted molar refractivity (Wildman–Crippen MR) is 109 cm³/mol. The number of nitrogens with zero attached hydrogens (tertiary/aromatic N) is 2. The van der Waals surface area contributed by atoms with Crippen LogP contribution < -0.4 is 5.32 Å². The highest BCUT2D eigenvalue weighted by Gasteiger charge is 2.12. The molecule has 1 heterocycles. The van der Waals surface area contributed by atoms with Gasteiger partial charge in [0.1, 0.15) is 5.01 Å². The van der Waals surface area contributed by atoms with Gasteiger partial charge in [0.15, 0.2) is 0 Å². The Hall–Kier alpha value is -2.51. The predicted octanol–water partition coefficient (Wildman–Crippen LogP) is 4.17. The van der Waals surface area contributed by atoms with E-state index in [1.807, 2.05) is 42.5 Å². The Morgan fingerprint density at radius 1 is 1.19 bits per heavy atom. The smallest absolute Gasteiger partial charge is 0.246 e. The molecule has 1 aromatic heterocycles. The van der Waals surface area contributed by atoms with Crippen LogP contribution in [0.3, 0.4) is 0 Å². The number of carbonyl (C=O) groups excluding carboxylic acids is 2. The van der Waals surface area contributed by atoms with Crippen molar-refractivity contribution in [1.82, 2.24) is 9.88 Å². The van der Waals surface area contributed by atoms with Crippen LogP contribution in [-0.4, -0.2) is 35.3 Å². The zero-order valence-electron chi connectivity index (χ0n) is 14.0. The van der Waals surface area contributed by atoms with Crippen molar-refractivity contribution in [3.8, 4) is 0 Å². The van der Waals surface area contributed by atoms with Crippen LogP contribution >= 0.6 is 27.3 Å². The van der Waals surface area contributed by atoms with E-state index in [0.29, 0.717) is 5.69 Å². The minimum atomic E-state index is -0.263. The lowest BCUT2D eigenvalue weighted by Gasteiger charge is -2.15. The molecule has 1 N–H and O–H groups in total. The highest BCUT2D eigenvalue weighted by molar-refractivity contribution is 9.10. The molecule has 0 unspecified atom stereocenters. The van der Waals surface area contributed by atoms with Crippen molar-refractivity contribution in [3.05, 3.63) is 64.1 Å². The van der Waals surface area contributed by atoms with E-state index < -0.39 is 0 Å². The molecule has 0 atom stereocenters. The largest absolute Gasteiger partial charge is 0.333 e. The molecule has 0 saturated carbocycles. The molecule has 5 nitrogen and oxygen atoms in total. The minimum Gasteiger partial charge on any atom is -0.333 e. The Morgan fingerprint density at radius 3 is 2.69 bits per heavy atom. The fraction of sp³-hybridized carbons (Fsp3) is 0.105. The van der Waals surface area contributed by atoms with E-state index in [-0.39, 0.29) is 18.4 Å². The molecular weight excluding hydrogens is 414 g/mol. The normalized spacial score (nSPS) is 11.0. The van der Waals surface area contributed by atoms with Gasteiger partial charge < -0.3 is 10.2 Å². The van der Waals surface area contributed by atoms with Crippen molar-refractivity contribution < 1.29 is 9.59 Å². The summed E-state index contributed by atoms with van der Waals surface area (Å²) >= 11 is 4.89. The number of nitrogens with one attached hydrogen (secondary N) is 1. The summed E-state index contributed by atoms with van der Waals surface area (Å²) in [5, 5.41) is 3.53. The standard InChI is InChI=1S/C19H16BrN3O2S/c1-23(12-17(24)21-14-7-3-2-6-13(14)20)19(25)11-10-18-22-15-8-4-5-9-16(15)26-18/h2-11H,12H2,1H3,(H,21,24). The van der Waals surface area contributed by atoms with Gasteiger partial charge in [-0.2, -0.15) is 0 Å². The zero-order valence-corrected chi connectivity index (χ0v) is 16.4. The van der Waals surface area contributed by atoms with Crippen LogP contribution in [0.1, 0.15) is 5.01 Å². The molecule has 132 valence electrons. The first-order chi connectivity index (χ1) is 12.5. The summed E-state index contributed by atoms with van der Waals surface area (Å²) in [6.07, 6.45) is 3.11. The van der Waals surface area contributed by atoms with Crippen LogP contribution in [-0.2, 0) is 9.59 Å². The number of carbonyl (C=O) groups is 2. The molecule has 7 heteroatoms. The molecule has 2 amide bonds. The van der Waals surface area contributed by atoms with E-state index in [9.17, 15) is 9.59 Å². The van der Waals surface area contributed by atoms with Crippen LogP contribution in [0.4, 0.5) is 5.69 Å². The minimum absolute atomic E-state index is 0.0373. The average Bonchev–Trinajstić information content (AvgIpc) is 3.04. The number of halogens is 1. The highest BCUT2D eigenvalue weighted by atomic mass is 79.9. The lowest BCUT2D eigenvalue weighted by molar-refractivity contribution is -0.129. The number of hydrogen-bond acceptors (Lipinski definition) is 4. The van der Waals surface area contributed by atoms with E-state index in [1.54, 1.807) is 19.2 Å². The Labute approximate surface area is 163 Å². The van der Waals surface area contributed by atoms with Crippen LogP contribution in [0.2, 0.25) is 0 Å². The zero-order chi connectivity index (χ0) is 18.5. The second-order valence-corrected chi connectivity index (χ2v) is 7.49. The third-order valence-electron chi connectivity index (χ3n) is 3.58. The molecule has 0 aliphatic heterocycles. The quantitative estimate of drug-likeness (QED) is 0.619. The number of thiazole rings is 1. The molecular formula is C19H16BrN3O2S. The molecule has 2 aromatic carbocycles. The van der Waals surface area contributed by atoms with Crippen LogP contribution in [0.15, 0.2) is 59.1 Å². The number of likely N-dealkylation sites (N-methyl/N-ethyl adjacent to an activating group) is 1. The van der Waals surface area contributed by atoms with E-state index in [2.05, 4.69) is 26.2 Å². The Morgan fingerprint density at radius 2 is 1.92 bits per heavy atom. The van der Waals surface area contributed by atoms with E-state index in [4.69, 9.17) is 0 Å². The van der Waals surface area contributed by atoms with Crippen molar-refractivity contribution in [3.63, 3.8) is 0 Å². The van der Waals surface area contributed by atoms with Gasteiger partial charge in [-0.3, -0.25) is 9.59 Å². The van der Waals surface area contributed by atoms with Gasteiger partial charge in [0.2, 0.25) is 11.8 Å². The third-order valence-corrected chi connectivity index (χ3v) is 5.28. The van der Waals surface area contributed by atoms with Gasteiger partial charge >= 0.3 is 0 Å². The van der Waals surface area contributed by atoms with Crippen molar-refractivity contribution in [2.75, 3.05) is 18.9 Å². The monoisotopic (exact) mass is 429 g/mol. The van der Waals surface area contributed by atoms with Gasteiger partial charge in [-0.05, 0) is 46.3 Å². The van der Waals surface area contributed by atoms with Gasteiger partial charge in [0, 0.05) is 17.6 Å². The molecule has 26 heavy (non-hydrogen) atoms. The number of hydrogen-bond donors (Lipinski definition) is 1. The summed E-state index contributed by atoms with van der Waals surface area (Å²) in [6.45, 7) is -0.0373. The number of rotatable bonds is 5. The maximum Gasteiger partial charge on any atom is 0.246 e. The molecule has 0 radical (unpaired) electrons. The maximum absolute atomic E-state index is 12.2. The number of fused-ring (bicyclic) bond motifs is 1. The van der Waals surface area contributed by atoms with E-state index in [0.717, 1.165) is 19.7 Å². The lowest BCUT2D eigenvalue weighted by atomic mass is 10.3. The summed E-state index contributed by atoms with van der Waals surface area (Å²) < 4.78 is 1.86. The fourth-order valence-corrected chi connectivity index (χ4v) is 3.53. The molecule has 0 bridgehead atoms. The van der Waals surface area contributed by atoms with Gasteiger partial charge in [-0.15, -0.1) is 11.3 Å². The fourth-order valence-electron chi connectivity index (χ4n) is 2.28. The molecule has 0 saturated heterocycles.